The first kappa shape index (κ1) is 14.8. The molecule has 3 rings (SSSR count). The molecule has 1 aliphatic heterocycles. The summed E-state index contributed by atoms with van der Waals surface area (Å²) in [6.07, 6.45) is 6.53. The van der Waals surface area contributed by atoms with Gasteiger partial charge < -0.3 is 9.42 Å². The summed E-state index contributed by atoms with van der Waals surface area (Å²) >= 11 is 0. The van der Waals surface area contributed by atoms with Gasteiger partial charge in [0.15, 0.2) is 0 Å². The summed E-state index contributed by atoms with van der Waals surface area (Å²) in [5.41, 5.74) is 0.848. The maximum atomic E-state index is 12.6. The van der Waals surface area contributed by atoms with Crippen LogP contribution in [-0.2, 0) is 13.0 Å². The molecule has 1 aliphatic rings. The third-order valence-corrected chi connectivity index (χ3v) is 3.98. The molecule has 3 heterocycles. The van der Waals surface area contributed by atoms with Crippen LogP contribution < -0.4 is 0 Å². The lowest BCUT2D eigenvalue weighted by molar-refractivity contribution is 0.0679. The van der Waals surface area contributed by atoms with Crippen LogP contribution in [-0.4, -0.2) is 38.3 Å². The van der Waals surface area contributed by atoms with E-state index in [1.54, 1.807) is 12.3 Å². The monoisotopic (exact) mass is 302 g/mol. The van der Waals surface area contributed by atoms with Crippen molar-refractivity contribution in [3.63, 3.8) is 0 Å². The molecule has 0 bridgehead atoms. The van der Waals surface area contributed by atoms with Crippen molar-refractivity contribution >= 4 is 5.91 Å². The van der Waals surface area contributed by atoms with E-state index in [1.807, 2.05) is 21.8 Å². The zero-order valence-electron chi connectivity index (χ0n) is 13.1. The van der Waals surface area contributed by atoms with E-state index in [0.717, 1.165) is 38.0 Å². The second kappa shape index (κ2) is 6.34. The zero-order chi connectivity index (χ0) is 15.5. The molecule has 6 heteroatoms. The Morgan fingerprint density at radius 1 is 1.50 bits per heavy atom. The van der Waals surface area contributed by atoms with Gasteiger partial charge in [0, 0.05) is 25.0 Å². The van der Waals surface area contributed by atoms with Crippen LogP contribution in [0, 0.1) is 5.92 Å². The topological polar surface area (TPSA) is 64.2 Å². The summed E-state index contributed by atoms with van der Waals surface area (Å²) in [5.74, 6) is 0.785. The van der Waals surface area contributed by atoms with Gasteiger partial charge in [-0.15, -0.1) is 0 Å². The Hall–Kier alpha value is -2.11. The van der Waals surface area contributed by atoms with Crippen LogP contribution in [0.15, 0.2) is 29.0 Å². The van der Waals surface area contributed by atoms with E-state index in [1.165, 1.54) is 0 Å². The number of rotatable bonds is 5. The molecule has 0 aliphatic carbocycles. The number of amides is 1. The minimum atomic E-state index is -0.0582. The zero-order valence-corrected chi connectivity index (χ0v) is 13.1. The molecule has 6 nitrogen and oxygen atoms in total. The van der Waals surface area contributed by atoms with Crippen molar-refractivity contribution < 1.29 is 9.32 Å². The lowest BCUT2D eigenvalue weighted by atomic mass is 10.1. The van der Waals surface area contributed by atoms with Gasteiger partial charge in [-0.2, -0.15) is 5.10 Å². The molecule has 2 aromatic heterocycles. The smallest absolute Gasteiger partial charge is 0.292 e. The van der Waals surface area contributed by atoms with Gasteiger partial charge in [0.2, 0.25) is 5.76 Å². The van der Waals surface area contributed by atoms with Crippen molar-refractivity contribution in [3.05, 3.63) is 36.0 Å². The quantitative estimate of drug-likeness (QED) is 0.850. The summed E-state index contributed by atoms with van der Waals surface area (Å²) in [4.78, 5) is 14.5. The highest BCUT2D eigenvalue weighted by atomic mass is 16.5. The highest BCUT2D eigenvalue weighted by Crippen LogP contribution is 2.22. The number of likely N-dealkylation sites (tertiary alicyclic amines) is 1. The predicted molar refractivity (Wildman–Crippen MR) is 81.3 cm³/mol. The number of aromatic nitrogens is 3. The van der Waals surface area contributed by atoms with Crippen LogP contribution >= 0.6 is 0 Å². The fraction of sp³-hybridized carbons (Fsp3) is 0.562. The van der Waals surface area contributed by atoms with E-state index in [2.05, 4.69) is 24.1 Å². The molecule has 1 atom stereocenters. The summed E-state index contributed by atoms with van der Waals surface area (Å²) in [7, 11) is 0. The van der Waals surface area contributed by atoms with Crippen molar-refractivity contribution in [2.75, 3.05) is 6.54 Å². The molecule has 0 unspecified atom stereocenters. The molecule has 0 spiro atoms. The minimum absolute atomic E-state index is 0.0582. The van der Waals surface area contributed by atoms with Crippen molar-refractivity contribution in [1.29, 1.82) is 0 Å². The van der Waals surface area contributed by atoms with Crippen molar-refractivity contribution in [1.82, 2.24) is 19.8 Å². The van der Waals surface area contributed by atoms with Gasteiger partial charge in [-0.05, 0) is 31.2 Å². The molecule has 118 valence electrons. The van der Waals surface area contributed by atoms with E-state index in [-0.39, 0.29) is 11.9 Å². The fourth-order valence-corrected chi connectivity index (χ4v) is 2.99. The Labute approximate surface area is 130 Å². The van der Waals surface area contributed by atoms with Crippen molar-refractivity contribution in [2.24, 2.45) is 5.92 Å². The summed E-state index contributed by atoms with van der Waals surface area (Å²) < 4.78 is 7.14. The number of hydrogen-bond donors (Lipinski definition) is 0. The van der Waals surface area contributed by atoms with Crippen molar-refractivity contribution in [2.45, 2.75) is 45.7 Å². The molecule has 1 fully saturated rings. The normalized spacial score (nSPS) is 18.3. The van der Waals surface area contributed by atoms with E-state index < -0.39 is 0 Å². The SMILES string of the molecule is CC(C)Cc1cc(C(=O)N2CCC[C@H]2Cn2cccn2)on1. The van der Waals surface area contributed by atoms with E-state index in [0.29, 0.717) is 11.7 Å². The predicted octanol–water partition coefficient (Wildman–Crippen LogP) is 2.37. The Balaban J connectivity index is 1.69. The molecule has 0 N–H and O–H groups in total. The summed E-state index contributed by atoms with van der Waals surface area (Å²) in [6, 6.07) is 3.85. The molecule has 0 aromatic carbocycles. The van der Waals surface area contributed by atoms with Crippen LogP contribution in [0.25, 0.3) is 0 Å². The molecular weight excluding hydrogens is 280 g/mol. The van der Waals surface area contributed by atoms with Gasteiger partial charge in [0.05, 0.1) is 18.3 Å². The Morgan fingerprint density at radius 3 is 3.09 bits per heavy atom. The summed E-state index contributed by atoms with van der Waals surface area (Å²) in [6.45, 7) is 5.74. The Kier molecular flexibility index (Phi) is 4.27. The fourth-order valence-electron chi connectivity index (χ4n) is 2.99. The highest BCUT2D eigenvalue weighted by molar-refractivity contribution is 5.91. The maximum absolute atomic E-state index is 12.6. The standard InChI is InChI=1S/C16H22N4O2/c1-12(2)9-13-10-15(22-18-13)16(21)20-8-3-5-14(20)11-19-7-4-6-17-19/h4,6-7,10,12,14H,3,5,8-9,11H2,1-2H3/t14-/m0/s1. The van der Waals surface area contributed by atoms with Crippen LogP contribution in [0.2, 0.25) is 0 Å². The number of carbonyl (C=O) groups excluding carboxylic acids is 1. The number of carbonyl (C=O) groups is 1. The van der Waals surface area contributed by atoms with E-state index >= 15 is 0 Å². The van der Waals surface area contributed by atoms with Crippen LogP contribution in [0.5, 0.6) is 0 Å². The molecule has 22 heavy (non-hydrogen) atoms. The average molecular weight is 302 g/mol. The largest absolute Gasteiger partial charge is 0.351 e. The van der Waals surface area contributed by atoms with Crippen LogP contribution in [0.4, 0.5) is 0 Å². The Bertz CT molecular complexity index is 618. The molecule has 1 saturated heterocycles. The third-order valence-electron chi connectivity index (χ3n) is 3.98. The molecular formula is C16H22N4O2. The van der Waals surface area contributed by atoms with E-state index in [4.69, 9.17) is 4.52 Å². The lowest BCUT2D eigenvalue weighted by Crippen LogP contribution is -2.38. The highest BCUT2D eigenvalue weighted by Gasteiger charge is 2.31. The number of nitrogens with zero attached hydrogens (tertiary/aromatic N) is 4. The molecule has 0 saturated carbocycles. The van der Waals surface area contributed by atoms with Gasteiger partial charge >= 0.3 is 0 Å². The van der Waals surface area contributed by atoms with Gasteiger partial charge in [-0.25, -0.2) is 0 Å². The lowest BCUT2D eigenvalue weighted by Gasteiger charge is -2.23. The second-order valence-electron chi connectivity index (χ2n) is 6.30. The molecule has 2 aromatic rings. The van der Waals surface area contributed by atoms with Gasteiger partial charge in [-0.1, -0.05) is 19.0 Å². The van der Waals surface area contributed by atoms with Gasteiger partial charge in [-0.3, -0.25) is 9.48 Å². The van der Waals surface area contributed by atoms with Gasteiger partial charge in [0.25, 0.3) is 5.91 Å². The number of hydrogen-bond acceptors (Lipinski definition) is 4. The van der Waals surface area contributed by atoms with Crippen LogP contribution in [0.3, 0.4) is 0 Å². The van der Waals surface area contributed by atoms with Gasteiger partial charge in [0.1, 0.15) is 0 Å². The molecule has 0 radical (unpaired) electrons. The molecule has 1 amide bonds. The first-order valence-electron chi connectivity index (χ1n) is 7.87. The second-order valence-corrected chi connectivity index (χ2v) is 6.30. The Morgan fingerprint density at radius 2 is 2.36 bits per heavy atom. The van der Waals surface area contributed by atoms with Crippen molar-refractivity contribution in [3.8, 4) is 0 Å². The maximum Gasteiger partial charge on any atom is 0.292 e. The van der Waals surface area contributed by atoms with E-state index in [9.17, 15) is 4.79 Å². The first-order chi connectivity index (χ1) is 10.6. The average Bonchev–Trinajstić information content (AvgIpc) is 3.19. The van der Waals surface area contributed by atoms with Crippen LogP contribution in [0.1, 0.15) is 42.9 Å². The first-order valence-corrected chi connectivity index (χ1v) is 7.87. The third kappa shape index (κ3) is 3.21. The summed E-state index contributed by atoms with van der Waals surface area (Å²) in [5, 5.41) is 8.24. The minimum Gasteiger partial charge on any atom is -0.351 e.